The van der Waals surface area contributed by atoms with Gasteiger partial charge >= 0.3 is 0 Å². The minimum atomic E-state index is 1.10. The van der Waals surface area contributed by atoms with E-state index in [9.17, 15) is 0 Å². The Morgan fingerprint density at radius 2 is 1.90 bits per heavy atom. The standard InChI is InChI=1S/C10H18/c1-4-5-6-7-8-9-10(2)3/h6-7,9H,4-5,8H2,1-3H3. The van der Waals surface area contributed by atoms with Gasteiger partial charge in [-0.25, -0.2) is 0 Å². The fraction of sp³-hybridized carbons (Fsp3) is 0.600. The molecule has 0 nitrogen and oxygen atoms in total. The lowest BCUT2D eigenvalue weighted by Gasteiger charge is -1.86. The highest BCUT2D eigenvalue weighted by Gasteiger charge is 1.74. The Labute approximate surface area is 64.6 Å². The van der Waals surface area contributed by atoms with Crippen molar-refractivity contribution in [3.8, 4) is 0 Å². The van der Waals surface area contributed by atoms with Crippen molar-refractivity contribution in [3.05, 3.63) is 23.8 Å². The van der Waals surface area contributed by atoms with E-state index in [-0.39, 0.29) is 0 Å². The van der Waals surface area contributed by atoms with Gasteiger partial charge in [0, 0.05) is 0 Å². The van der Waals surface area contributed by atoms with Gasteiger partial charge < -0.3 is 0 Å². The molecule has 0 aliphatic rings. The van der Waals surface area contributed by atoms with Crippen LogP contribution in [-0.4, -0.2) is 0 Å². The first-order chi connectivity index (χ1) is 4.77. The van der Waals surface area contributed by atoms with Crippen molar-refractivity contribution in [2.45, 2.75) is 40.0 Å². The van der Waals surface area contributed by atoms with Gasteiger partial charge in [0.2, 0.25) is 0 Å². The van der Waals surface area contributed by atoms with E-state index >= 15 is 0 Å². The molecule has 0 aromatic rings. The van der Waals surface area contributed by atoms with Crippen LogP contribution in [0.25, 0.3) is 0 Å². The maximum Gasteiger partial charge on any atom is -0.0167 e. The van der Waals surface area contributed by atoms with E-state index in [0.29, 0.717) is 0 Å². The summed E-state index contributed by atoms with van der Waals surface area (Å²) >= 11 is 0. The molecule has 10 heavy (non-hydrogen) atoms. The number of rotatable bonds is 4. The molecule has 0 aliphatic carbocycles. The first-order valence-corrected chi connectivity index (χ1v) is 4.05. The Hall–Kier alpha value is -0.520. The summed E-state index contributed by atoms with van der Waals surface area (Å²) in [5.41, 5.74) is 1.40. The van der Waals surface area contributed by atoms with E-state index < -0.39 is 0 Å². The van der Waals surface area contributed by atoms with Gasteiger partial charge in [0.05, 0.1) is 0 Å². The lowest BCUT2D eigenvalue weighted by molar-refractivity contribution is 0.954. The molecule has 0 heteroatoms. The van der Waals surface area contributed by atoms with Crippen LogP contribution in [0.1, 0.15) is 40.0 Å². The third kappa shape index (κ3) is 7.48. The molecule has 0 saturated heterocycles. The molecule has 0 N–H and O–H groups in total. The van der Waals surface area contributed by atoms with Gasteiger partial charge in [-0.3, -0.25) is 0 Å². The Bertz CT molecular complexity index is 114. The lowest BCUT2D eigenvalue weighted by atomic mass is 10.2. The lowest BCUT2D eigenvalue weighted by Crippen LogP contribution is -1.65. The van der Waals surface area contributed by atoms with Crippen LogP contribution in [-0.2, 0) is 0 Å². The van der Waals surface area contributed by atoms with Crippen molar-refractivity contribution in [2.75, 3.05) is 0 Å². The van der Waals surface area contributed by atoms with Crippen molar-refractivity contribution in [3.63, 3.8) is 0 Å². The van der Waals surface area contributed by atoms with Crippen LogP contribution in [0.3, 0.4) is 0 Å². The largest absolute Gasteiger partial charge is 0.0882 e. The summed E-state index contributed by atoms with van der Waals surface area (Å²) in [5.74, 6) is 0. The van der Waals surface area contributed by atoms with Gasteiger partial charge in [-0.2, -0.15) is 0 Å². The predicted molar refractivity (Wildman–Crippen MR) is 48.1 cm³/mol. The van der Waals surface area contributed by atoms with Crippen LogP contribution in [0.2, 0.25) is 0 Å². The maximum absolute atomic E-state index is 2.25. The molecule has 0 bridgehead atoms. The van der Waals surface area contributed by atoms with Crippen LogP contribution in [0.5, 0.6) is 0 Å². The second-order valence-corrected chi connectivity index (χ2v) is 2.78. The number of hydrogen-bond acceptors (Lipinski definition) is 0. The highest BCUT2D eigenvalue weighted by atomic mass is 13.8. The molecular weight excluding hydrogens is 120 g/mol. The molecule has 0 saturated carbocycles. The average molecular weight is 138 g/mol. The predicted octanol–water partition coefficient (Wildman–Crippen LogP) is 3.70. The van der Waals surface area contributed by atoms with Crippen molar-refractivity contribution in [1.29, 1.82) is 0 Å². The molecule has 0 rings (SSSR count). The molecule has 0 radical (unpaired) electrons. The van der Waals surface area contributed by atoms with Gasteiger partial charge in [-0.1, -0.05) is 37.1 Å². The van der Waals surface area contributed by atoms with Crippen LogP contribution < -0.4 is 0 Å². The summed E-state index contributed by atoms with van der Waals surface area (Å²) in [6, 6.07) is 0. The topological polar surface area (TPSA) is 0 Å². The molecule has 0 spiro atoms. The van der Waals surface area contributed by atoms with Crippen molar-refractivity contribution < 1.29 is 0 Å². The molecule has 0 fully saturated rings. The third-order valence-electron chi connectivity index (χ3n) is 1.28. The van der Waals surface area contributed by atoms with Gasteiger partial charge in [0.1, 0.15) is 0 Å². The Kier molecular flexibility index (Phi) is 6.25. The number of unbranched alkanes of at least 4 members (excludes halogenated alkanes) is 1. The molecule has 0 unspecified atom stereocenters. The minimum Gasteiger partial charge on any atom is -0.0882 e. The quantitative estimate of drug-likeness (QED) is 0.520. The number of allylic oxidation sites excluding steroid dienone is 4. The maximum atomic E-state index is 2.25. The van der Waals surface area contributed by atoms with Crippen LogP contribution >= 0.6 is 0 Å². The van der Waals surface area contributed by atoms with Gasteiger partial charge in [0.15, 0.2) is 0 Å². The Morgan fingerprint density at radius 3 is 2.40 bits per heavy atom. The summed E-state index contributed by atoms with van der Waals surface area (Å²) in [5, 5.41) is 0. The van der Waals surface area contributed by atoms with Crippen LogP contribution in [0.4, 0.5) is 0 Å². The first-order valence-electron chi connectivity index (χ1n) is 4.05. The smallest absolute Gasteiger partial charge is 0.0167 e. The van der Waals surface area contributed by atoms with E-state index in [1.165, 1.54) is 18.4 Å². The summed E-state index contributed by atoms with van der Waals surface area (Å²) < 4.78 is 0. The molecule has 0 aromatic heterocycles. The second-order valence-electron chi connectivity index (χ2n) is 2.78. The zero-order valence-electron chi connectivity index (χ0n) is 7.35. The van der Waals surface area contributed by atoms with E-state index in [0.717, 1.165) is 6.42 Å². The fourth-order valence-electron chi connectivity index (χ4n) is 0.684. The zero-order valence-corrected chi connectivity index (χ0v) is 7.35. The van der Waals surface area contributed by atoms with Crippen LogP contribution in [0, 0.1) is 0 Å². The van der Waals surface area contributed by atoms with Crippen molar-refractivity contribution in [2.24, 2.45) is 0 Å². The SMILES string of the molecule is CCCC=CCC=C(C)C. The molecule has 0 aliphatic heterocycles. The normalized spacial score (nSPS) is 10.3. The van der Waals surface area contributed by atoms with Gasteiger partial charge in [-0.15, -0.1) is 0 Å². The van der Waals surface area contributed by atoms with E-state index in [1.54, 1.807) is 0 Å². The fourth-order valence-corrected chi connectivity index (χ4v) is 0.684. The van der Waals surface area contributed by atoms with Crippen LogP contribution in [0.15, 0.2) is 23.8 Å². The second kappa shape index (κ2) is 6.60. The Balaban J connectivity index is 3.27. The third-order valence-corrected chi connectivity index (χ3v) is 1.28. The summed E-state index contributed by atoms with van der Waals surface area (Å²) in [7, 11) is 0. The summed E-state index contributed by atoms with van der Waals surface area (Å²) in [4.78, 5) is 0. The van der Waals surface area contributed by atoms with Gasteiger partial charge in [0.25, 0.3) is 0 Å². The zero-order chi connectivity index (χ0) is 7.82. The summed E-state index contributed by atoms with van der Waals surface area (Å²) in [6.45, 7) is 6.46. The van der Waals surface area contributed by atoms with E-state index in [2.05, 4.69) is 39.0 Å². The highest BCUT2D eigenvalue weighted by molar-refractivity contribution is 4.98. The molecule has 0 aromatic carbocycles. The molecular formula is C10H18. The number of hydrogen-bond donors (Lipinski definition) is 0. The highest BCUT2D eigenvalue weighted by Crippen LogP contribution is 1.95. The monoisotopic (exact) mass is 138 g/mol. The molecule has 0 heterocycles. The molecule has 0 atom stereocenters. The minimum absolute atomic E-state index is 1.10. The van der Waals surface area contributed by atoms with Crippen molar-refractivity contribution in [1.82, 2.24) is 0 Å². The van der Waals surface area contributed by atoms with Gasteiger partial charge in [-0.05, 0) is 26.7 Å². The Morgan fingerprint density at radius 1 is 1.20 bits per heavy atom. The molecule has 58 valence electrons. The van der Waals surface area contributed by atoms with Crippen molar-refractivity contribution >= 4 is 0 Å². The first kappa shape index (κ1) is 9.48. The summed E-state index contributed by atoms with van der Waals surface area (Å²) in [6.07, 6.45) is 10.3. The van der Waals surface area contributed by atoms with E-state index in [4.69, 9.17) is 0 Å². The molecule has 0 amide bonds. The van der Waals surface area contributed by atoms with E-state index in [1.807, 2.05) is 0 Å². The average Bonchev–Trinajstić information content (AvgIpc) is 1.87.